The molecule has 0 aliphatic rings. The van der Waals surface area contributed by atoms with Crippen LogP contribution in [0.15, 0.2) is 12.1 Å². The smallest absolute Gasteiger partial charge is 0.347 e. The predicted molar refractivity (Wildman–Crippen MR) is 67.6 cm³/mol. The number of benzene rings is 1. The van der Waals surface area contributed by atoms with Crippen LogP contribution in [0.5, 0.6) is 5.75 Å². The number of hydrogen-bond donors (Lipinski definition) is 1. The zero-order chi connectivity index (χ0) is 13.0. The number of hydrogen-bond acceptors (Lipinski definition) is 4. The number of ether oxygens (including phenoxy) is 2. The lowest BCUT2D eigenvalue weighted by atomic mass is 10.3. The lowest BCUT2D eigenvalue weighted by Gasteiger charge is -2.15. The van der Waals surface area contributed by atoms with Gasteiger partial charge in [-0.15, -0.1) is 0 Å². The van der Waals surface area contributed by atoms with Gasteiger partial charge in [0.25, 0.3) is 0 Å². The van der Waals surface area contributed by atoms with Crippen molar-refractivity contribution in [2.24, 2.45) is 0 Å². The summed E-state index contributed by atoms with van der Waals surface area (Å²) < 4.78 is 10.2. The highest BCUT2D eigenvalue weighted by Crippen LogP contribution is 2.32. The van der Waals surface area contributed by atoms with Gasteiger partial charge in [0.15, 0.2) is 6.10 Å². The molecule has 0 aliphatic heterocycles. The average Bonchev–Trinajstić information content (AvgIpc) is 2.26. The Kier molecular flexibility index (Phi) is 4.90. The Hall–Kier alpha value is -1.13. The van der Waals surface area contributed by atoms with E-state index in [9.17, 15) is 4.79 Å². The van der Waals surface area contributed by atoms with E-state index in [0.29, 0.717) is 28.1 Å². The summed E-state index contributed by atoms with van der Waals surface area (Å²) in [5.41, 5.74) is 6.01. The summed E-state index contributed by atoms with van der Waals surface area (Å²) in [4.78, 5) is 11.4. The van der Waals surface area contributed by atoms with Crippen molar-refractivity contribution in [3.05, 3.63) is 22.2 Å². The Morgan fingerprint density at radius 3 is 2.59 bits per heavy atom. The maximum atomic E-state index is 11.4. The minimum atomic E-state index is -0.755. The van der Waals surface area contributed by atoms with Gasteiger partial charge < -0.3 is 15.2 Å². The van der Waals surface area contributed by atoms with Crippen LogP contribution in [0.4, 0.5) is 5.69 Å². The monoisotopic (exact) mass is 277 g/mol. The molecule has 0 saturated carbocycles. The molecule has 2 N–H and O–H groups in total. The van der Waals surface area contributed by atoms with Crippen LogP contribution in [0.25, 0.3) is 0 Å². The molecule has 94 valence electrons. The summed E-state index contributed by atoms with van der Waals surface area (Å²) in [5, 5.41) is 0.646. The first-order valence-corrected chi connectivity index (χ1v) is 5.79. The maximum absolute atomic E-state index is 11.4. The van der Waals surface area contributed by atoms with Crippen molar-refractivity contribution in [1.29, 1.82) is 0 Å². The van der Waals surface area contributed by atoms with E-state index >= 15 is 0 Å². The van der Waals surface area contributed by atoms with E-state index in [4.69, 9.17) is 38.4 Å². The Balaban J connectivity index is 2.81. The Labute approximate surface area is 110 Å². The molecule has 1 unspecified atom stereocenters. The number of halogens is 2. The van der Waals surface area contributed by atoms with Gasteiger partial charge in [-0.3, -0.25) is 0 Å². The van der Waals surface area contributed by atoms with Crippen LogP contribution in [0.1, 0.15) is 13.8 Å². The van der Waals surface area contributed by atoms with Gasteiger partial charge in [0.2, 0.25) is 0 Å². The third-order valence-corrected chi connectivity index (χ3v) is 2.70. The highest BCUT2D eigenvalue weighted by molar-refractivity contribution is 6.42. The minimum Gasteiger partial charge on any atom is -0.477 e. The number of nitrogens with two attached hydrogens (primary N) is 1. The molecule has 17 heavy (non-hydrogen) atoms. The van der Waals surface area contributed by atoms with Gasteiger partial charge in [-0.25, -0.2) is 4.79 Å². The lowest BCUT2D eigenvalue weighted by Crippen LogP contribution is -2.26. The number of esters is 1. The third kappa shape index (κ3) is 3.68. The van der Waals surface area contributed by atoms with E-state index in [1.54, 1.807) is 13.8 Å². The number of carbonyl (C=O) groups is 1. The molecular formula is C11H13Cl2NO3. The van der Waals surface area contributed by atoms with Crippen molar-refractivity contribution in [3.8, 4) is 5.75 Å². The van der Waals surface area contributed by atoms with Crippen molar-refractivity contribution < 1.29 is 14.3 Å². The zero-order valence-corrected chi connectivity index (χ0v) is 11.0. The Bertz CT molecular complexity index is 423. The predicted octanol–water partition coefficient (Wildman–Crippen LogP) is 2.91. The minimum absolute atomic E-state index is 0.295. The molecule has 0 aliphatic carbocycles. The fraction of sp³-hybridized carbons (Fsp3) is 0.364. The molecule has 6 heteroatoms. The molecular weight excluding hydrogens is 265 g/mol. The molecule has 0 fully saturated rings. The first-order chi connectivity index (χ1) is 7.95. The number of rotatable bonds is 4. The number of carbonyl (C=O) groups excluding carboxylic acids is 1. The van der Waals surface area contributed by atoms with Crippen molar-refractivity contribution in [1.82, 2.24) is 0 Å². The lowest BCUT2D eigenvalue weighted by molar-refractivity contribution is -0.150. The first-order valence-electron chi connectivity index (χ1n) is 5.03. The molecule has 0 bridgehead atoms. The molecule has 0 heterocycles. The van der Waals surface area contributed by atoms with Crippen molar-refractivity contribution in [2.75, 3.05) is 12.3 Å². The zero-order valence-electron chi connectivity index (χ0n) is 9.50. The molecule has 4 nitrogen and oxygen atoms in total. The molecule has 0 radical (unpaired) electrons. The molecule has 0 spiro atoms. The standard InChI is InChI=1S/C11H13Cl2NO3/c1-3-16-11(15)6(2)17-10-5-8(13)7(12)4-9(10)14/h4-6H,3,14H2,1-2H3. The second-order valence-electron chi connectivity index (χ2n) is 3.32. The molecule has 0 aromatic heterocycles. The van der Waals surface area contributed by atoms with Crippen molar-refractivity contribution in [3.63, 3.8) is 0 Å². The second kappa shape index (κ2) is 5.98. The van der Waals surface area contributed by atoms with Crippen molar-refractivity contribution >= 4 is 34.9 Å². The normalized spacial score (nSPS) is 12.0. The van der Waals surface area contributed by atoms with Crippen LogP contribution in [-0.2, 0) is 9.53 Å². The molecule has 1 rings (SSSR count). The van der Waals surface area contributed by atoms with Gasteiger partial charge >= 0.3 is 5.97 Å². The van der Waals surface area contributed by atoms with Crippen LogP contribution in [-0.4, -0.2) is 18.7 Å². The van der Waals surface area contributed by atoms with Crippen LogP contribution in [0, 0.1) is 0 Å². The summed E-state index contributed by atoms with van der Waals surface area (Å²) >= 11 is 11.6. The van der Waals surface area contributed by atoms with Gasteiger partial charge in [-0.05, 0) is 19.9 Å². The molecule has 1 atom stereocenters. The van der Waals surface area contributed by atoms with E-state index in [1.165, 1.54) is 12.1 Å². The van der Waals surface area contributed by atoms with Gasteiger partial charge in [0.05, 0.1) is 22.3 Å². The first kappa shape index (κ1) is 13.9. The summed E-state index contributed by atoms with van der Waals surface area (Å²) in [7, 11) is 0. The van der Waals surface area contributed by atoms with E-state index in [0.717, 1.165) is 0 Å². The van der Waals surface area contributed by atoms with Gasteiger partial charge in [-0.1, -0.05) is 23.2 Å². The molecule has 1 aromatic rings. The van der Waals surface area contributed by atoms with E-state index in [1.807, 2.05) is 0 Å². The van der Waals surface area contributed by atoms with Gasteiger partial charge in [-0.2, -0.15) is 0 Å². The Morgan fingerprint density at radius 2 is 2.00 bits per heavy atom. The van der Waals surface area contributed by atoms with Crippen LogP contribution in [0.2, 0.25) is 10.0 Å². The van der Waals surface area contributed by atoms with E-state index in [2.05, 4.69) is 0 Å². The van der Waals surface area contributed by atoms with Crippen molar-refractivity contribution in [2.45, 2.75) is 20.0 Å². The Morgan fingerprint density at radius 1 is 1.41 bits per heavy atom. The van der Waals surface area contributed by atoms with E-state index < -0.39 is 12.1 Å². The average molecular weight is 278 g/mol. The number of nitrogen functional groups attached to an aromatic ring is 1. The molecule has 0 saturated heterocycles. The summed E-state index contributed by atoms with van der Waals surface area (Å²) in [6.07, 6.45) is -0.755. The fourth-order valence-electron chi connectivity index (χ4n) is 1.14. The quantitative estimate of drug-likeness (QED) is 0.679. The summed E-state index contributed by atoms with van der Waals surface area (Å²) in [6.45, 7) is 3.58. The largest absolute Gasteiger partial charge is 0.477 e. The SMILES string of the molecule is CCOC(=O)C(C)Oc1cc(Cl)c(Cl)cc1N. The van der Waals surface area contributed by atoms with Gasteiger partial charge in [0.1, 0.15) is 5.75 Å². The maximum Gasteiger partial charge on any atom is 0.347 e. The second-order valence-corrected chi connectivity index (χ2v) is 4.13. The topological polar surface area (TPSA) is 61.5 Å². The van der Waals surface area contributed by atoms with Gasteiger partial charge in [0, 0.05) is 6.07 Å². The highest BCUT2D eigenvalue weighted by Gasteiger charge is 2.17. The summed E-state index contributed by atoms with van der Waals surface area (Å²) in [5.74, 6) is -0.155. The molecule has 0 amide bonds. The van der Waals surface area contributed by atoms with Crippen LogP contribution >= 0.6 is 23.2 Å². The number of anilines is 1. The molecule has 1 aromatic carbocycles. The fourth-order valence-corrected chi connectivity index (χ4v) is 1.47. The third-order valence-electron chi connectivity index (χ3n) is 1.97. The van der Waals surface area contributed by atoms with Crippen LogP contribution < -0.4 is 10.5 Å². The highest BCUT2D eigenvalue weighted by atomic mass is 35.5. The summed E-state index contributed by atoms with van der Waals surface area (Å²) in [6, 6.07) is 2.94. The van der Waals surface area contributed by atoms with Crippen LogP contribution in [0.3, 0.4) is 0 Å². The van der Waals surface area contributed by atoms with E-state index in [-0.39, 0.29) is 0 Å².